The minimum absolute atomic E-state index is 0. The summed E-state index contributed by atoms with van der Waals surface area (Å²) in [4.78, 5) is 4.19. The molecule has 0 N–H and O–H groups in total. The van der Waals surface area contributed by atoms with E-state index in [-0.39, 0.29) is 24.8 Å². The number of aliphatic imine (C=N–C) groups is 1. The molecule has 209 valence electrons. The van der Waals surface area contributed by atoms with Gasteiger partial charge < -0.3 is 24.8 Å². The largest absolute Gasteiger partial charge is 1.00 e. The van der Waals surface area contributed by atoms with Gasteiger partial charge in [0.2, 0.25) is 0 Å². The molecule has 4 saturated carbocycles. The van der Waals surface area contributed by atoms with Crippen molar-refractivity contribution in [2.45, 2.75) is 74.5 Å². The molecular formula is C36H38Cl2NSiZr. The van der Waals surface area contributed by atoms with Crippen LogP contribution in [0.3, 0.4) is 0 Å². The molecule has 6 bridgehead atoms. The van der Waals surface area contributed by atoms with E-state index in [2.05, 4.69) is 80.5 Å². The van der Waals surface area contributed by atoms with Crippen LogP contribution in [-0.2, 0) is 30.1 Å². The number of nitrogens with zero attached hydrogens (tertiary/aromatic N) is 1. The number of allylic oxidation sites excluding steroid dienone is 6. The molecule has 0 spiro atoms. The average molecular weight is 675 g/mol. The summed E-state index contributed by atoms with van der Waals surface area (Å²) in [7, 11) is -1.11. The van der Waals surface area contributed by atoms with E-state index in [4.69, 9.17) is 0 Å². The normalized spacial score (nSPS) is 31.9. The topological polar surface area (TPSA) is 12.4 Å². The first-order valence-corrected chi connectivity index (χ1v) is 19.5. The molecule has 2 aromatic carbocycles. The van der Waals surface area contributed by atoms with Crippen molar-refractivity contribution in [3.8, 4) is 11.1 Å². The van der Waals surface area contributed by atoms with Gasteiger partial charge in [-0.15, -0.1) is 0 Å². The first-order chi connectivity index (χ1) is 18.7. The number of halogens is 2. The minimum Gasteiger partial charge on any atom is -1.00 e. The summed E-state index contributed by atoms with van der Waals surface area (Å²) in [5.41, 5.74) is 14.0. The van der Waals surface area contributed by atoms with Crippen LogP contribution < -0.4 is 24.8 Å². The van der Waals surface area contributed by atoms with Gasteiger partial charge in [0.15, 0.2) is 0 Å². The molecule has 41 heavy (non-hydrogen) atoms. The Morgan fingerprint density at radius 1 is 0.854 bits per heavy atom. The molecule has 9 aliphatic rings. The number of rotatable bonds is 2. The van der Waals surface area contributed by atoms with E-state index in [1.165, 1.54) is 77.5 Å². The van der Waals surface area contributed by atoms with E-state index >= 15 is 0 Å². The molecule has 0 saturated heterocycles. The summed E-state index contributed by atoms with van der Waals surface area (Å²) in [5, 5.41) is 3.31. The SMILES string of the molecule is CC1=C2C3=CN=CC3=C1[Si]2(C)C.CC1=Cc2c(-c3ccc(C45CC6CC(CC(C6)C4)C5)cc3)cccc2[CH]1[Zr+2].[Cl-].[Cl-]. The van der Waals surface area contributed by atoms with Crippen molar-refractivity contribution >= 4 is 20.4 Å². The summed E-state index contributed by atoms with van der Waals surface area (Å²) in [6.45, 7) is 9.41. The second-order valence-electron chi connectivity index (χ2n) is 14.1. The van der Waals surface area contributed by atoms with E-state index in [0.29, 0.717) is 9.04 Å². The smallest absolute Gasteiger partial charge is 1.00 e. The quantitative estimate of drug-likeness (QED) is 0.435. The second-order valence-corrected chi connectivity index (χ2v) is 19.8. The third-order valence-electron chi connectivity index (χ3n) is 11.4. The zero-order valence-corrected chi connectivity index (χ0v) is 29.5. The Kier molecular flexibility index (Phi) is 7.58. The van der Waals surface area contributed by atoms with Crippen LogP contribution in [0.25, 0.3) is 17.2 Å². The predicted molar refractivity (Wildman–Crippen MR) is 162 cm³/mol. The molecule has 6 aliphatic carbocycles. The number of hydrogen-bond donors (Lipinski definition) is 0. The molecule has 0 amide bonds. The van der Waals surface area contributed by atoms with Crippen LogP contribution in [0, 0.1) is 17.8 Å². The summed E-state index contributed by atoms with van der Waals surface area (Å²) in [6, 6.07) is 16.7. The molecular weight excluding hydrogens is 637 g/mol. The molecule has 5 heteroatoms. The van der Waals surface area contributed by atoms with Gasteiger partial charge >= 0.3 is 179 Å². The monoisotopic (exact) mass is 672 g/mol. The van der Waals surface area contributed by atoms with Crippen molar-refractivity contribution in [2.75, 3.05) is 0 Å². The van der Waals surface area contributed by atoms with E-state index < -0.39 is 8.07 Å². The van der Waals surface area contributed by atoms with Crippen LogP contribution in [0.15, 0.2) is 86.3 Å². The second kappa shape index (κ2) is 10.4. The van der Waals surface area contributed by atoms with Crippen LogP contribution in [0.5, 0.6) is 0 Å². The molecule has 3 aliphatic heterocycles. The Morgan fingerprint density at radius 2 is 1.49 bits per heavy atom. The Balaban J connectivity index is 0.000000182. The zero-order valence-electron chi connectivity index (χ0n) is 24.5. The zero-order chi connectivity index (χ0) is 26.7. The standard InChI is InChI=1S/C26H27.C10H11NSi.2ClH.Zr/c1-17-9-22-3-2-4-24(25(22)10-17)21-5-7-23(8-6-21)26-14-18-11-19(15-26)13-20(12-18)16-26;1-6-9-7-4-11-5-8(7)10(6)12(9,2)3;;;/h2-10,18-20H,11-16H2,1H3;4-5H,1-3H3;2*1H;/q;;;;+2/p-2. The fourth-order valence-corrected chi connectivity index (χ4v) is 15.0. The van der Waals surface area contributed by atoms with Crippen LogP contribution in [-0.4, -0.2) is 14.3 Å². The van der Waals surface area contributed by atoms with Gasteiger partial charge in [-0.1, -0.05) is 18.7 Å². The van der Waals surface area contributed by atoms with Gasteiger partial charge in [-0.2, -0.15) is 0 Å². The van der Waals surface area contributed by atoms with Crippen LogP contribution >= 0.6 is 0 Å². The summed E-state index contributed by atoms with van der Waals surface area (Å²) >= 11 is 1.61. The number of benzene rings is 2. The Hall–Kier alpha value is -1.25. The van der Waals surface area contributed by atoms with E-state index in [0.717, 1.165) is 17.8 Å². The van der Waals surface area contributed by atoms with Crippen molar-refractivity contribution in [3.05, 3.63) is 98.0 Å². The Labute approximate surface area is 274 Å². The van der Waals surface area contributed by atoms with Crippen molar-refractivity contribution in [3.63, 3.8) is 0 Å². The fraction of sp³-hybridized carbons (Fsp3) is 0.417. The van der Waals surface area contributed by atoms with E-state index in [9.17, 15) is 0 Å². The molecule has 1 atom stereocenters. The van der Waals surface area contributed by atoms with E-state index in [1.54, 1.807) is 46.2 Å². The predicted octanol–water partition coefficient (Wildman–Crippen LogP) is 3.22. The average Bonchev–Trinajstić information content (AvgIpc) is 3.60. The maximum Gasteiger partial charge on any atom is -1.00 e. The van der Waals surface area contributed by atoms with Crippen LogP contribution in [0.1, 0.15) is 72.7 Å². The molecule has 0 radical (unpaired) electrons. The van der Waals surface area contributed by atoms with Gasteiger partial charge in [-0.3, -0.25) is 4.99 Å². The number of hydrogen-bond acceptors (Lipinski definition) is 1. The molecule has 1 unspecified atom stereocenters. The maximum absolute atomic E-state index is 4.19. The Morgan fingerprint density at radius 3 is 2.07 bits per heavy atom. The third kappa shape index (κ3) is 4.34. The van der Waals surface area contributed by atoms with Crippen molar-refractivity contribution in [2.24, 2.45) is 22.7 Å². The first-order valence-electron chi connectivity index (χ1n) is 15.1. The van der Waals surface area contributed by atoms with Crippen molar-refractivity contribution < 1.29 is 49.5 Å². The third-order valence-corrected chi connectivity index (χ3v) is 17.0. The van der Waals surface area contributed by atoms with Gasteiger partial charge in [-0.05, 0) is 17.3 Å². The summed E-state index contributed by atoms with van der Waals surface area (Å²) in [6.07, 6.45) is 15.5. The van der Waals surface area contributed by atoms with Crippen molar-refractivity contribution in [1.29, 1.82) is 0 Å². The Bertz CT molecular complexity index is 1550. The molecule has 11 rings (SSSR count). The molecule has 2 aromatic rings. The minimum atomic E-state index is -1.11. The van der Waals surface area contributed by atoms with Gasteiger partial charge in [0.1, 0.15) is 8.07 Å². The van der Waals surface area contributed by atoms with Crippen LogP contribution in [0.2, 0.25) is 13.1 Å². The summed E-state index contributed by atoms with van der Waals surface area (Å²) < 4.78 is 0.651. The first kappa shape index (κ1) is 29.8. The van der Waals surface area contributed by atoms with Crippen LogP contribution in [0.4, 0.5) is 0 Å². The van der Waals surface area contributed by atoms with Gasteiger partial charge in [0.25, 0.3) is 0 Å². The van der Waals surface area contributed by atoms with Gasteiger partial charge in [0.05, 0.1) is 0 Å². The fourth-order valence-electron chi connectivity index (χ4n) is 10.2. The van der Waals surface area contributed by atoms with Gasteiger partial charge in [-0.25, -0.2) is 0 Å². The van der Waals surface area contributed by atoms with E-state index in [1.807, 2.05) is 12.4 Å². The molecule has 3 heterocycles. The summed E-state index contributed by atoms with van der Waals surface area (Å²) in [5.74, 6) is 3.06. The maximum atomic E-state index is 4.19. The molecule has 4 fully saturated rings. The van der Waals surface area contributed by atoms with Crippen molar-refractivity contribution in [1.82, 2.24) is 0 Å². The van der Waals surface area contributed by atoms with Gasteiger partial charge in [0, 0.05) is 23.6 Å². The molecule has 1 nitrogen and oxygen atoms in total. The molecule has 0 aromatic heterocycles. The number of fused-ring (bicyclic) bond motifs is 1.